The fourth-order valence-electron chi connectivity index (χ4n) is 4.14. The first-order valence-electron chi connectivity index (χ1n) is 6.24. The largest absolute Gasteiger partial charge is 0.316 e. The maximum absolute atomic E-state index is 3.55. The van der Waals surface area contributed by atoms with Gasteiger partial charge in [-0.05, 0) is 62.7 Å². The zero-order valence-electron chi connectivity index (χ0n) is 9.26. The second kappa shape index (κ2) is 3.21. The highest BCUT2D eigenvalue weighted by atomic mass is 15.2. The van der Waals surface area contributed by atoms with Crippen LogP contribution in [-0.2, 0) is 0 Å². The van der Waals surface area contributed by atoms with Gasteiger partial charge in [-0.1, -0.05) is 6.92 Å². The van der Waals surface area contributed by atoms with Crippen LogP contribution in [0.3, 0.4) is 0 Å². The van der Waals surface area contributed by atoms with E-state index < -0.39 is 0 Å². The molecule has 14 heavy (non-hydrogen) atoms. The number of rotatable bonds is 0. The summed E-state index contributed by atoms with van der Waals surface area (Å²) in [6.45, 7) is 9.16. The Balaban J connectivity index is 1.86. The van der Waals surface area contributed by atoms with Crippen LogP contribution in [0.15, 0.2) is 0 Å². The normalized spacial score (nSPS) is 52.5. The van der Waals surface area contributed by atoms with E-state index in [1.165, 1.54) is 52.0 Å². The van der Waals surface area contributed by atoms with E-state index in [0.29, 0.717) is 0 Å². The molecule has 0 aromatic rings. The predicted molar refractivity (Wildman–Crippen MR) is 58.2 cm³/mol. The van der Waals surface area contributed by atoms with Gasteiger partial charge in [0.25, 0.3) is 0 Å². The molecule has 0 aromatic carbocycles. The minimum Gasteiger partial charge on any atom is -0.316 e. The standard InChI is InChI=1S/C12H22N2/c1-10-8-13-5-3-12(10)4-7-14-6-2-11(12)9-14/h10-11,13H,2-9H2,1H3. The summed E-state index contributed by atoms with van der Waals surface area (Å²) in [5.74, 6) is 1.93. The Hall–Kier alpha value is -0.0800. The lowest BCUT2D eigenvalue weighted by Gasteiger charge is -2.50. The summed E-state index contributed by atoms with van der Waals surface area (Å²) in [5.41, 5.74) is 0.720. The van der Waals surface area contributed by atoms with E-state index in [2.05, 4.69) is 17.1 Å². The van der Waals surface area contributed by atoms with E-state index >= 15 is 0 Å². The van der Waals surface area contributed by atoms with E-state index in [-0.39, 0.29) is 0 Å². The lowest BCUT2D eigenvalue weighted by atomic mass is 9.60. The molecule has 0 radical (unpaired) electrons. The second-order valence-corrected chi connectivity index (χ2v) is 5.62. The maximum atomic E-state index is 3.55. The van der Waals surface area contributed by atoms with Crippen LogP contribution in [0.25, 0.3) is 0 Å². The third-order valence-corrected chi connectivity index (χ3v) is 5.18. The molecule has 0 aliphatic carbocycles. The van der Waals surface area contributed by atoms with Gasteiger partial charge in [0.1, 0.15) is 0 Å². The summed E-state index contributed by atoms with van der Waals surface area (Å²) >= 11 is 0. The topological polar surface area (TPSA) is 15.3 Å². The van der Waals surface area contributed by atoms with E-state index in [1.54, 1.807) is 0 Å². The molecule has 1 spiro atoms. The Morgan fingerprint density at radius 3 is 3.07 bits per heavy atom. The molecule has 3 fully saturated rings. The molecule has 2 bridgehead atoms. The van der Waals surface area contributed by atoms with Gasteiger partial charge in [0.05, 0.1) is 0 Å². The van der Waals surface area contributed by atoms with E-state index in [9.17, 15) is 0 Å². The van der Waals surface area contributed by atoms with Crippen LogP contribution >= 0.6 is 0 Å². The van der Waals surface area contributed by atoms with Gasteiger partial charge < -0.3 is 10.2 Å². The number of hydrogen-bond donors (Lipinski definition) is 1. The first-order chi connectivity index (χ1) is 6.81. The second-order valence-electron chi connectivity index (χ2n) is 5.62. The van der Waals surface area contributed by atoms with Crippen molar-refractivity contribution < 1.29 is 0 Å². The molecule has 3 saturated heterocycles. The highest BCUT2D eigenvalue weighted by molar-refractivity contribution is 5.01. The molecule has 80 valence electrons. The monoisotopic (exact) mass is 194 g/mol. The molecule has 0 saturated carbocycles. The minimum atomic E-state index is 0.720. The smallest absolute Gasteiger partial charge is 0.00156 e. The molecule has 2 nitrogen and oxygen atoms in total. The molecule has 0 aromatic heterocycles. The summed E-state index contributed by atoms with van der Waals surface area (Å²) in [5, 5.41) is 3.55. The predicted octanol–water partition coefficient (Wildman–Crippen LogP) is 1.33. The van der Waals surface area contributed by atoms with Crippen molar-refractivity contribution in [3.63, 3.8) is 0 Å². The van der Waals surface area contributed by atoms with Crippen LogP contribution in [0.2, 0.25) is 0 Å². The zero-order chi connectivity index (χ0) is 9.60. The SMILES string of the molecule is CC1CNCCC12CCN1CCC2C1. The van der Waals surface area contributed by atoms with E-state index in [4.69, 9.17) is 0 Å². The Kier molecular flexibility index (Phi) is 2.10. The zero-order valence-corrected chi connectivity index (χ0v) is 9.26. The van der Waals surface area contributed by atoms with Gasteiger partial charge in [0, 0.05) is 6.54 Å². The van der Waals surface area contributed by atoms with Crippen LogP contribution < -0.4 is 5.32 Å². The van der Waals surface area contributed by atoms with Crippen molar-refractivity contribution in [2.24, 2.45) is 17.3 Å². The quantitative estimate of drug-likeness (QED) is 0.626. The van der Waals surface area contributed by atoms with Gasteiger partial charge in [0.15, 0.2) is 0 Å². The molecular formula is C12H22N2. The maximum Gasteiger partial charge on any atom is 0.00156 e. The van der Waals surface area contributed by atoms with Gasteiger partial charge in [0.2, 0.25) is 0 Å². The number of hydrogen-bond acceptors (Lipinski definition) is 2. The molecule has 3 rings (SSSR count). The molecule has 3 heterocycles. The summed E-state index contributed by atoms with van der Waals surface area (Å²) in [6, 6.07) is 0. The Morgan fingerprint density at radius 1 is 1.29 bits per heavy atom. The van der Waals surface area contributed by atoms with Gasteiger partial charge in [-0.2, -0.15) is 0 Å². The Labute approximate surface area is 87.0 Å². The average Bonchev–Trinajstić information content (AvgIpc) is 2.61. The van der Waals surface area contributed by atoms with Crippen LogP contribution in [0, 0.1) is 17.3 Å². The molecule has 3 aliphatic heterocycles. The number of fused-ring (bicyclic) bond motifs is 3. The van der Waals surface area contributed by atoms with Crippen LogP contribution in [0.1, 0.15) is 26.2 Å². The highest BCUT2D eigenvalue weighted by Crippen LogP contribution is 2.50. The third kappa shape index (κ3) is 1.17. The first-order valence-corrected chi connectivity index (χ1v) is 6.24. The van der Waals surface area contributed by atoms with Crippen molar-refractivity contribution in [1.82, 2.24) is 10.2 Å². The summed E-state index contributed by atoms with van der Waals surface area (Å²) in [6.07, 6.45) is 4.39. The third-order valence-electron chi connectivity index (χ3n) is 5.18. The van der Waals surface area contributed by atoms with Crippen molar-refractivity contribution in [2.45, 2.75) is 26.2 Å². The summed E-state index contributed by atoms with van der Waals surface area (Å²) < 4.78 is 0. The van der Waals surface area contributed by atoms with Gasteiger partial charge in [-0.15, -0.1) is 0 Å². The van der Waals surface area contributed by atoms with Crippen LogP contribution in [0.5, 0.6) is 0 Å². The van der Waals surface area contributed by atoms with Crippen molar-refractivity contribution in [3.8, 4) is 0 Å². The molecule has 3 aliphatic rings. The molecule has 2 heteroatoms. The fraction of sp³-hybridized carbons (Fsp3) is 1.00. The number of nitrogens with zero attached hydrogens (tertiary/aromatic N) is 1. The Morgan fingerprint density at radius 2 is 2.21 bits per heavy atom. The molecular weight excluding hydrogens is 172 g/mol. The van der Waals surface area contributed by atoms with Crippen molar-refractivity contribution in [2.75, 3.05) is 32.7 Å². The lowest BCUT2D eigenvalue weighted by Crippen LogP contribution is -2.52. The molecule has 4 unspecified atom stereocenters. The first kappa shape index (κ1) is 9.17. The fourth-order valence-corrected chi connectivity index (χ4v) is 4.14. The van der Waals surface area contributed by atoms with Crippen molar-refractivity contribution in [3.05, 3.63) is 0 Å². The average molecular weight is 194 g/mol. The molecule has 1 N–H and O–H groups in total. The summed E-state index contributed by atoms with van der Waals surface area (Å²) in [4.78, 5) is 2.67. The van der Waals surface area contributed by atoms with E-state index in [1.807, 2.05) is 0 Å². The molecule has 0 amide bonds. The summed E-state index contributed by atoms with van der Waals surface area (Å²) in [7, 11) is 0. The van der Waals surface area contributed by atoms with Crippen LogP contribution in [-0.4, -0.2) is 37.6 Å². The van der Waals surface area contributed by atoms with Crippen molar-refractivity contribution >= 4 is 0 Å². The van der Waals surface area contributed by atoms with Crippen LogP contribution in [0.4, 0.5) is 0 Å². The van der Waals surface area contributed by atoms with Gasteiger partial charge in [-0.3, -0.25) is 0 Å². The Bertz CT molecular complexity index is 228. The lowest BCUT2D eigenvalue weighted by molar-refractivity contribution is 0.00739. The minimum absolute atomic E-state index is 0.720. The van der Waals surface area contributed by atoms with E-state index in [0.717, 1.165) is 17.3 Å². The molecule has 4 atom stereocenters. The highest BCUT2D eigenvalue weighted by Gasteiger charge is 2.49. The van der Waals surface area contributed by atoms with Gasteiger partial charge >= 0.3 is 0 Å². The van der Waals surface area contributed by atoms with Crippen molar-refractivity contribution in [1.29, 1.82) is 0 Å². The number of piperidine rings is 2. The number of nitrogens with one attached hydrogen (secondary N) is 1. The van der Waals surface area contributed by atoms with Gasteiger partial charge in [-0.25, -0.2) is 0 Å².